The van der Waals surface area contributed by atoms with Crippen molar-refractivity contribution in [3.05, 3.63) is 40.4 Å². The van der Waals surface area contributed by atoms with Crippen LogP contribution in [0.25, 0.3) is 21.8 Å². The van der Waals surface area contributed by atoms with Gasteiger partial charge in [0.1, 0.15) is 12.0 Å². The van der Waals surface area contributed by atoms with Crippen molar-refractivity contribution < 1.29 is 9.53 Å². The van der Waals surface area contributed by atoms with Gasteiger partial charge in [-0.2, -0.15) is 0 Å². The van der Waals surface area contributed by atoms with Crippen LogP contribution in [0.2, 0.25) is 0 Å². The molecular weight excluding hydrogens is 294 g/mol. The van der Waals surface area contributed by atoms with E-state index in [4.69, 9.17) is 4.74 Å². The Morgan fingerprint density at radius 3 is 2.78 bits per heavy atom. The van der Waals surface area contributed by atoms with E-state index in [1.54, 1.807) is 13.2 Å². The summed E-state index contributed by atoms with van der Waals surface area (Å²) < 4.78 is 6.33. The van der Waals surface area contributed by atoms with Gasteiger partial charge in [0.15, 0.2) is 0 Å². The lowest BCUT2D eigenvalue weighted by atomic mass is 10.1. The number of aldehydes is 1. The largest absolute Gasteiger partial charge is 0.495 e. The van der Waals surface area contributed by atoms with E-state index in [1.807, 2.05) is 24.3 Å². The van der Waals surface area contributed by atoms with Crippen LogP contribution < -0.4 is 4.74 Å². The molecular formula is C14H10BrNO2. The molecule has 4 heteroatoms. The number of H-pyrrole nitrogens is 1. The molecule has 0 aliphatic carbocycles. The third-order valence-electron chi connectivity index (χ3n) is 3.01. The van der Waals surface area contributed by atoms with E-state index < -0.39 is 0 Å². The summed E-state index contributed by atoms with van der Waals surface area (Å²) in [7, 11) is 1.60. The van der Waals surface area contributed by atoms with E-state index in [1.165, 1.54) is 0 Å². The van der Waals surface area contributed by atoms with Gasteiger partial charge in [-0.3, -0.25) is 4.79 Å². The monoisotopic (exact) mass is 303 g/mol. The Bertz CT molecular complexity index is 761. The van der Waals surface area contributed by atoms with Crippen LogP contribution in [-0.2, 0) is 0 Å². The molecule has 0 atom stereocenters. The van der Waals surface area contributed by atoms with Gasteiger partial charge in [-0.05, 0) is 30.3 Å². The molecule has 3 rings (SSSR count). The zero-order chi connectivity index (χ0) is 12.7. The van der Waals surface area contributed by atoms with Crippen molar-refractivity contribution in [2.45, 2.75) is 0 Å². The molecule has 1 aromatic heterocycles. The van der Waals surface area contributed by atoms with Gasteiger partial charge in [0.05, 0.1) is 12.6 Å². The van der Waals surface area contributed by atoms with Crippen molar-refractivity contribution in [2.75, 3.05) is 7.11 Å². The molecule has 0 unspecified atom stereocenters. The first kappa shape index (κ1) is 11.3. The lowest BCUT2D eigenvalue weighted by Gasteiger charge is -2.02. The van der Waals surface area contributed by atoms with Gasteiger partial charge in [-0.15, -0.1) is 0 Å². The molecule has 0 saturated carbocycles. The van der Waals surface area contributed by atoms with Gasteiger partial charge in [-0.1, -0.05) is 15.9 Å². The van der Waals surface area contributed by atoms with Crippen molar-refractivity contribution in [1.29, 1.82) is 0 Å². The van der Waals surface area contributed by atoms with Crippen LogP contribution >= 0.6 is 15.9 Å². The van der Waals surface area contributed by atoms with Gasteiger partial charge >= 0.3 is 0 Å². The molecule has 1 N–H and O–H groups in total. The number of ether oxygens (including phenoxy) is 1. The summed E-state index contributed by atoms with van der Waals surface area (Å²) >= 11 is 3.46. The molecule has 0 fully saturated rings. The normalized spacial score (nSPS) is 11.0. The number of benzene rings is 2. The summed E-state index contributed by atoms with van der Waals surface area (Å²) in [5.41, 5.74) is 2.55. The first-order valence-corrected chi connectivity index (χ1v) is 6.26. The molecule has 0 spiro atoms. The zero-order valence-corrected chi connectivity index (χ0v) is 11.2. The number of nitrogens with one attached hydrogen (secondary N) is 1. The highest BCUT2D eigenvalue weighted by Crippen LogP contribution is 2.33. The number of hydrogen-bond donors (Lipinski definition) is 1. The maximum atomic E-state index is 11.0. The van der Waals surface area contributed by atoms with Crippen molar-refractivity contribution in [2.24, 2.45) is 0 Å². The second kappa shape index (κ2) is 4.14. The topological polar surface area (TPSA) is 42.1 Å². The van der Waals surface area contributed by atoms with Crippen LogP contribution in [-0.4, -0.2) is 18.4 Å². The lowest BCUT2D eigenvalue weighted by Crippen LogP contribution is -1.87. The fraction of sp³-hybridized carbons (Fsp3) is 0.0714. The smallest absolute Gasteiger partial charge is 0.150 e. The second-order valence-corrected chi connectivity index (χ2v) is 4.99. The van der Waals surface area contributed by atoms with Gasteiger partial charge < -0.3 is 9.72 Å². The fourth-order valence-corrected chi connectivity index (χ4v) is 2.55. The first-order chi connectivity index (χ1) is 8.72. The quantitative estimate of drug-likeness (QED) is 0.729. The molecule has 0 aliphatic heterocycles. The summed E-state index contributed by atoms with van der Waals surface area (Å²) in [5.74, 6) is 0.682. The molecule has 0 radical (unpaired) electrons. The standard InChI is InChI=1S/C14H10BrNO2/c1-18-13-5-8(7-17)4-11-10-6-9(15)2-3-12(10)16-14(11)13/h2-7,16H,1H3. The zero-order valence-electron chi connectivity index (χ0n) is 9.66. The minimum absolute atomic E-state index is 0.611. The number of fused-ring (bicyclic) bond motifs is 3. The molecule has 3 aromatic rings. The highest BCUT2D eigenvalue weighted by atomic mass is 79.9. The molecule has 18 heavy (non-hydrogen) atoms. The number of carbonyl (C=O) groups is 1. The van der Waals surface area contributed by atoms with Crippen LogP contribution in [0.1, 0.15) is 10.4 Å². The minimum Gasteiger partial charge on any atom is -0.495 e. The van der Waals surface area contributed by atoms with Crippen molar-refractivity contribution in [1.82, 2.24) is 4.98 Å². The third-order valence-corrected chi connectivity index (χ3v) is 3.51. The Morgan fingerprint density at radius 1 is 1.22 bits per heavy atom. The minimum atomic E-state index is 0.611. The maximum Gasteiger partial charge on any atom is 0.150 e. The summed E-state index contributed by atoms with van der Waals surface area (Å²) in [6.07, 6.45) is 0.832. The summed E-state index contributed by atoms with van der Waals surface area (Å²) in [6, 6.07) is 9.61. The summed E-state index contributed by atoms with van der Waals surface area (Å²) in [5, 5.41) is 2.06. The Balaban J connectivity index is 2.50. The van der Waals surface area contributed by atoms with E-state index >= 15 is 0 Å². The fourth-order valence-electron chi connectivity index (χ4n) is 2.19. The van der Waals surface area contributed by atoms with E-state index in [2.05, 4.69) is 20.9 Å². The van der Waals surface area contributed by atoms with Crippen LogP contribution in [0.5, 0.6) is 5.75 Å². The highest BCUT2D eigenvalue weighted by Gasteiger charge is 2.10. The molecule has 0 saturated heterocycles. The average molecular weight is 304 g/mol. The first-order valence-electron chi connectivity index (χ1n) is 5.47. The van der Waals surface area contributed by atoms with Crippen LogP contribution in [0.3, 0.4) is 0 Å². The van der Waals surface area contributed by atoms with Crippen molar-refractivity contribution >= 4 is 44.0 Å². The summed E-state index contributed by atoms with van der Waals surface area (Å²) in [4.78, 5) is 14.3. The predicted molar refractivity (Wildman–Crippen MR) is 75.4 cm³/mol. The van der Waals surface area contributed by atoms with E-state index in [-0.39, 0.29) is 0 Å². The van der Waals surface area contributed by atoms with Crippen molar-refractivity contribution in [3.8, 4) is 5.75 Å². The lowest BCUT2D eigenvalue weighted by molar-refractivity contribution is 0.112. The van der Waals surface area contributed by atoms with Gasteiger partial charge in [-0.25, -0.2) is 0 Å². The van der Waals surface area contributed by atoms with Crippen molar-refractivity contribution in [3.63, 3.8) is 0 Å². The Hall–Kier alpha value is -1.81. The number of aromatic nitrogens is 1. The molecule has 0 amide bonds. The predicted octanol–water partition coefficient (Wildman–Crippen LogP) is 3.90. The molecule has 90 valence electrons. The Morgan fingerprint density at radius 2 is 2.06 bits per heavy atom. The Labute approximate surface area is 112 Å². The van der Waals surface area contributed by atoms with E-state index in [9.17, 15) is 4.79 Å². The number of rotatable bonds is 2. The maximum absolute atomic E-state index is 11.0. The molecule has 2 aromatic carbocycles. The van der Waals surface area contributed by atoms with Crippen LogP contribution in [0.15, 0.2) is 34.8 Å². The number of aromatic amines is 1. The van der Waals surface area contributed by atoms with Crippen LogP contribution in [0.4, 0.5) is 0 Å². The second-order valence-electron chi connectivity index (χ2n) is 4.08. The SMILES string of the molecule is COc1cc(C=O)cc2c1[nH]c1ccc(Br)cc12. The van der Waals surface area contributed by atoms with E-state index in [0.29, 0.717) is 11.3 Å². The average Bonchev–Trinajstić information content (AvgIpc) is 2.75. The molecule has 0 aliphatic rings. The van der Waals surface area contributed by atoms with Crippen LogP contribution in [0, 0.1) is 0 Å². The Kier molecular flexibility index (Phi) is 2.59. The van der Waals surface area contributed by atoms with Gasteiger partial charge in [0.2, 0.25) is 0 Å². The van der Waals surface area contributed by atoms with Gasteiger partial charge in [0, 0.05) is 26.3 Å². The van der Waals surface area contributed by atoms with E-state index in [0.717, 1.165) is 32.6 Å². The molecule has 1 heterocycles. The number of methoxy groups -OCH3 is 1. The molecule has 0 bridgehead atoms. The number of hydrogen-bond acceptors (Lipinski definition) is 2. The number of halogens is 1. The molecule has 3 nitrogen and oxygen atoms in total. The van der Waals surface area contributed by atoms with Gasteiger partial charge in [0.25, 0.3) is 0 Å². The summed E-state index contributed by atoms with van der Waals surface area (Å²) in [6.45, 7) is 0. The number of carbonyl (C=O) groups excluding carboxylic acids is 1. The third kappa shape index (κ3) is 1.61. The highest BCUT2D eigenvalue weighted by molar-refractivity contribution is 9.10.